The third kappa shape index (κ3) is 6.49. The number of nitrogens with zero attached hydrogens (tertiary/aromatic N) is 1. The Hall–Kier alpha value is -2.67. The topological polar surface area (TPSA) is 78.5 Å². The zero-order valence-electron chi connectivity index (χ0n) is 16.2. The van der Waals surface area contributed by atoms with Crippen molar-refractivity contribution in [2.75, 3.05) is 18.9 Å². The Labute approximate surface area is 173 Å². The van der Waals surface area contributed by atoms with Crippen LogP contribution in [0.4, 0.5) is 5.69 Å². The summed E-state index contributed by atoms with van der Waals surface area (Å²) in [5.41, 5.74) is 2.17. The van der Waals surface area contributed by atoms with Gasteiger partial charge in [-0.15, -0.1) is 0 Å². The van der Waals surface area contributed by atoms with Gasteiger partial charge in [0.1, 0.15) is 0 Å². The number of likely N-dealkylation sites (N-methyl/N-ethyl adjacent to an activating group) is 1. The largest absolute Gasteiger partial charge is 0.349 e. The molecule has 2 N–H and O–H groups in total. The summed E-state index contributed by atoms with van der Waals surface area (Å²) in [6, 6.07) is 14.0. The van der Waals surface area contributed by atoms with E-state index >= 15 is 0 Å². The molecule has 2 rings (SSSR count). The number of anilines is 1. The molecule has 0 fully saturated rings. The van der Waals surface area contributed by atoms with Crippen molar-refractivity contribution in [2.45, 2.75) is 26.3 Å². The van der Waals surface area contributed by atoms with E-state index in [1.807, 2.05) is 25.1 Å². The van der Waals surface area contributed by atoms with Gasteiger partial charge in [0.25, 0.3) is 5.91 Å². The normalized spacial score (nSPS) is 11.4. The average Bonchev–Trinajstić information content (AvgIpc) is 2.64. The van der Waals surface area contributed by atoms with E-state index in [1.165, 1.54) is 4.90 Å². The smallest absolute Gasteiger partial charge is 0.251 e. The van der Waals surface area contributed by atoms with E-state index in [0.717, 1.165) is 10.0 Å². The van der Waals surface area contributed by atoms with Gasteiger partial charge in [0.15, 0.2) is 0 Å². The predicted molar refractivity (Wildman–Crippen MR) is 113 cm³/mol. The Morgan fingerprint density at radius 3 is 2.43 bits per heavy atom. The predicted octanol–water partition coefficient (Wildman–Crippen LogP) is 3.36. The number of nitrogens with one attached hydrogen (secondary N) is 2. The number of amides is 3. The molecule has 1 atom stereocenters. The molecule has 0 heterocycles. The lowest BCUT2D eigenvalue weighted by atomic mass is 10.1. The molecule has 0 spiro atoms. The monoisotopic (exact) mass is 445 g/mol. The van der Waals surface area contributed by atoms with Crippen LogP contribution in [0.25, 0.3) is 0 Å². The van der Waals surface area contributed by atoms with E-state index in [2.05, 4.69) is 26.6 Å². The number of carbonyl (C=O) groups excluding carboxylic acids is 3. The van der Waals surface area contributed by atoms with Gasteiger partial charge in [0.2, 0.25) is 11.8 Å². The second kappa shape index (κ2) is 10.0. The lowest BCUT2D eigenvalue weighted by molar-refractivity contribution is -0.133. The van der Waals surface area contributed by atoms with Crippen LogP contribution in [-0.2, 0) is 9.59 Å². The second-order valence-electron chi connectivity index (χ2n) is 6.70. The highest BCUT2D eigenvalue weighted by Gasteiger charge is 2.18. The molecule has 3 amide bonds. The molecule has 0 radical (unpaired) electrons. The zero-order chi connectivity index (χ0) is 20.7. The van der Waals surface area contributed by atoms with Crippen LogP contribution in [-0.4, -0.2) is 42.3 Å². The molecular weight excluding hydrogens is 422 g/mol. The van der Waals surface area contributed by atoms with Gasteiger partial charge in [0.05, 0.1) is 6.54 Å². The molecule has 0 saturated heterocycles. The summed E-state index contributed by atoms with van der Waals surface area (Å²) >= 11 is 3.38. The molecule has 28 heavy (non-hydrogen) atoms. The average molecular weight is 446 g/mol. The van der Waals surface area contributed by atoms with E-state index in [9.17, 15) is 14.4 Å². The fourth-order valence-corrected chi connectivity index (χ4v) is 3.10. The molecule has 7 heteroatoms. The van der Waals surface area contributed by atoms with Crippen molar-refractivity contribution in [1.82, 2.24) is 10.2 Å². The molecule has 148 valence electrons. The van der Waals surface area contributed by atoms with Gasteiger partial charge in [-0.25, -0.2) is 0 Å². The summed E-state index contributed by atoms with van der Waals surface area (Å²) in [5, 5.41) is 5.60. The number of hydrogen-bond acceptors (Lipinski definition) is 3. The number of aryl methyl sites for hydroxylation is 1. The molecule has 0 saturated carbocycles. The maximum Gasteiger partial charge on any atom is 0.251 e. The highest BCUT2D eigenvalue weighted by Crippen LogP contribution is 2.19. The van der Waals surface area contributed by atoms with Crippen molar-refractivity contribution in [1.29, 1.82) is 0 Å². The maximum absolute atomic E-state index is 12.4. The number of hydrogen-bond donors (Lipinski definition) is 2. The van der Waals surface area contributed by atoms with Crippen molar-refractivity contribution >= 4 is 39.3 Å². The van der Waals surface area contributed by atoms with Crippen LogP contribution in [0.2, 0.25) is 0 Å². The minimum atomic E-state index is -0.348. The van der Waals surface area contributed by atoms with Crippen molar-refractivity contribution in [3.8, 4) is 0 Å². The molecular formula is C21H24BrN3O3. The third-order valence-electron chi connectivity index (χ3n) is 4.16. The van der Waals surface area contributed by atoms with Crippen molar-refractivity contribution in [3.63, 3.8) is 0 Å². The van der Waals surface area contributed by atoms with Crippen molar-refractivity contribution < 1.29 is 14.4 Å². The van der Waals surface area contributed by atoms with Crippen LogP contribution in [0.3, 0.4) is 0 Å². The van der Waals surface area contributed by atoms with Crippen LogP contribution < -0.4 is 10.6 Å². The SMILES string of the molecule is Cc1cc(Br)ccc1NC(=O)CN(C)C(=O)C[C@@H](C)NC(=O)c1ccccc1. The van der Waals surface area contributed by atoms with Crippen LogP contribution in [0.15, 0.2) is 53.0 Å². The van der Waals surface area contributed by atoms with Gasteiger partial charge < -0.3 is 15.5 Å². The van der Waals surface area contributed by atoms with Crippen LogP contribution in [0, 0.1) is 6.92 Å². The number of carbonyl (C=O) groups is 3. The molecule has 0 unspecified atom stereocenters. The van der Waals surface area contributed by atoms with Gasteiger partial charge in [0, 0.05) is 35.2 Å². The first kappa shape index (κ1) is 21.6. The lowest BCUT2D eigenvalue weighted by Gasteiger charge is -2.20. The zero-order valence-corrected chi connectivity index (χ0v) is 17.7. The van der Waals surface area contributed by atoms with Gasteiger partial charge in [-0.05, 0) is 49.7 Å². The fraction of sp³-hybridized carbons (Fsp3) is 0.286. The molecule has 0 bridgehead atoms. The molecule has 2 aromatic carbocycles. The first-order valence-corrected chi connectivity index (χ1v) is 9.71. The van der Waals surface area contributed by atoms with Crippen molar-refractivity contribution in [3.05, 3.63) is 64.1 Å². The number of benzene rings is 2. The molecule has 6 nitrogen and oxygen atoms in total. The molecule has 0 aromatic heterocycles. The Bertz CT molecular complexity index is 855. The third-order valence-corrected chi connectivity index (χ3v) is 4.66. The quantitative estimate of drug-likeness (QED) is 0.685. The summed E-state index contributed by atoms with van der Waals surface area (Å²) in [6.45, 7) is 3.60. The Morgan fingerprint density at radius 1 is 1.11 bits per heavy atom. The highest BCUT2D eigenvalue weighted by molar-refractivity contribution is 9.10. The van der Waals surface area contributed by atoms with E-state index < -0.39 is 0 Å². The van der Waals surface area contributed by atoms with Gasteiger partial charge in [-0.2, -0.15) is 0 Å². The Balaban J connectivity index is 1.82. The van der Waals surface area contributed by atoms with Crippen LogP contribution in [0.5, 0.6) is 0 Å². The van der Waals surface area contributed by atoms with Crippen molar-refractivity contribution in [2.24, 2.45) is 0 Å². The number of halogens is 1. The first-order valence-electron chi connectivity index (χ1n) is 8.92. The van der Waals surface area contributed by atoms with Crippen LogP contribution >= 0.6 is 15.9 Å². The molecule has 0 aliphatic rings. The Morgan fingerprint density at radius 2 is 1.79 bits per heavy atom. The fourth-order valence-electron chi connectivity index (χ4n) is 2.63. The summed E-state index contributed by atoms with van der Waals surface area (Å²) < 4.78 is 0.932. The maximum atomic E-state index is 12.4. The molecule has 2 aromatic rings. The number of rotatable bonds is 7. The molecule has 0 aliphatic heterocycles. The Kier molecular flexibility index (Phi) is 7.75. The van der Waals surface area contributed by atoms with Gasteiger partial charge >= 0.3 is 0 Å². The summed E-state index contributed by atoms with van der Waals surface area (Å²) in [6.07, 6.45) is 0.111. The summed E-state index contributed by atoms with van der Waals surface area (Å²) in [7, 11) is 1.57. The summed E-state index contributed by atoms with van der Waals surface area (Å²) in [5.74, 6) is -0.724. The lowest BCUT2D eigenvalue weighted by Crippen LogP contribution is -2.40. The minimum Gasteiger partial charge on any atom is -0.349 e. The van der Waals surface area contributed by atoms with E-state index in [4.69, 9.17) is 0 Å². The van der Waals surface area contributed by atoms with E-state index in [0.29, 0.717) is 11.3 Å². The van der Waals surface area contributed by atoms with E-state index in [1.54, 1.807) is 44.3 Å². The van der Waals surface area contributed by atoms with E-state index in [-0.39, 0.29) is 36.7 Å². The highest BCUT2D eigenvalue weighted by atomic mass is 79.9. The minimum absolute atomic E-state index is 0.0618. The summed E-state index contributed by atoms with van der Waals surface area (Å²) in [4.78, 5) is 38.1. The standard InChI is InChI=1S/C21H24BrN3O3/c1-14-11-17(22)9-10-18(14)24-19(26)13-25(3)20(27)12-15(2)23-21(28)16-7-5-4-6-8-16/h4-11,15H,12-13H2,1-3H3,(H,23,28)(H,24,26)/t15-/m1/s1. The van der Waals surface area contributed by atoms with Crippen LogP contribution in [0.1, 0.15) is 29.3 Å². The van der Waals surface area contributed by atoms with Gasteiger partial charge in [-0.3, -0.25) is 14.4 Å². The van der Waals surface area contributed by atoms with Gasteiger partial charge in [-0.1, -0.05) is 34.1 Å². The second-order valence-corrected chi connectivity index (χ2v) is 7.62. The molecule has 0 aliphatic carbocycles. The first-order chi connectivity index (χ1) is 13.3.